The van der Waals surface area contributed by atoms with Gasteiger partial charge in [0.2, 0.25) is 5.91 Å². The standard InChI is InChI=1S/C9H18BrNO3S/c1-8(2)11(6-4-5-10)9(12)7-15(3,13)14/h8H,4-7H2,1-3H3. The van der Waals surface area contributed by atoms with Crippen molar-refractivity contribution in [2.24, 2.45) is 0 Å². The van der Waals surface area contributed by atoms with E-state index in [9.17, 15) is 13.2 Å². The Bertz CT molecular complexity index is 300. The van der Waals surface area contributed by atoms with Gasteiger partial charge in [-0.3, -0.25) is 4.79 Å². The third-order valence-electron chi connectivity index (χ3n) is 1.86. The van der Waals surface area contributed by atoms with Crippen LogP contribution in [0.15, 0.2) is 0 Å². The van der Waals surface area contributed by atoms with Gasteiger partial charge in [-0.15, -0.1) is 0 Å². The molecule has 0 aliphatic heterocycles. The lowest BCUT2D eigenvalue weighted by Crippen LogP contribution is -2.41. The second kappa shape index (κ2) is 6.48. The Morgan fingerprint density at radius 2 is 1.93 bits per heavy atom. The van der Waals surface area contributed by atoms with E-state index in [1.165, 1.54) is 0 Å². The first kappa shape index (κ1) is 14.9. The minimum Gasteiger partial charge on any atom is -0.339 e. The first-order chi connectivity index (χ1) is 6.78. The summed E-state index contributed by atoms with van der Waals surface area (Å²) in [5, 5.41) is 0.808. The zero-order valence-electron chi connectivity index (χ0n) is 9.36. The molecular weight excluding hydrogens is 282 g/mol. The van der Waals surface area contributed by atoms with Crippen molar-refractivity contribution in [2.75, 3.05) is 23.9 Å². The summed E-state index contributed by atoms with van der Waals surface area (Å²) in [6.07, 6.45) is 1.90. The van der Waals surface area contributed by atoms with Crippen LogP contribution in [0.1, 0.15) is 20.3 Å². The molecule has 0 aliphatic rings. The molecule has 0 aromatic carbocycles. The average Bonchev–Trinajstić information content (AvgIpc) is 2.00. The normalized spacial score (nSPS) is 11.8. The van der Waals surface area contributed by atoms with Crippen molar-refractivity contribution in [1.29, 1.82) is 0 Å². The Labute approximate surface area is 100 Å². The van der Waals surface area contributed by atoms with Gasteiger partial charge >= 0.3 is 0 Å². The summed E-state index contributed by atoms with van der Waals surface area (Å²) in [6.45, 7) is 4.36. The van der Waals surface area contributed by atoms with Crippen LogP contribution in [-0.2, 0) is 14.6 Å². The van der Waals surface area contributed by atoms with E-state index in [0.717, 1.165) is 18.0 Å². The summed E-state index contributed by atoms with van der Waals surface area (Å²) < 4.78 is 22.0. The molecule has 4 nitrogen and oxygen atoms in total. The summed E-state index contributed by atoms with van der Waals surface area (Å²) in [5.74, 6) is -0.707. The van der Waals surface area contributed by atoms with E-state index < -0.39 is 15.6 Å². The number of carbonyl (C=O) groups excluding carboxylic acids is 1. The molecule has 1 amide bonds. The lowest BCUT2D eigenvalue weighted by molar-refractivity contribution is -0.130. The van der Waals surface area contributed by atoms with Gasteiger partial charge in [-0.2, -0.15) is 0 Å². The largest absolute Gasteiger partial charge is 0.339 e. The molecule has 0 saturated heterocycles. The Morgan fingerprint density at radius 1 is 1.40 bits per heavy atom. The Hall–Kier alpha value is -0.100. The van der Waals surface area contributed by atoms with Crippen LogP contribution in [0.25, 0.3) is 0 Å². The quantitative estimate of drug-likeness (QED) is 0.689. The van der Waals surface area contributed by atoms with Crippen molar-refractivity contribution in [2.45, 2.75) is 26.3 Å². The minimum absolute atomic E-state index is 0.0401. The number of hydrogen-bond acceptors (Lipinski definition) is 3. The third kappa shape index (κ3) is 6.89. The molecule has 0 N–H and O–H groups in total. The second-order valence-electron chi connectivity index (χ2n) is 3.79. The highest BCUT2D eigenvalue weighted by molar-refractivity contribution is 9.09. The highest BCUT2D eigenvalue weighted by Gasteiger charge is 2.20. The van der Waals surface area contributed by atoms with Crippen molar-refractivity contribution in [3.8, 4) is 0 Å². The number of alkyl halides is 1. The van der Waals surface area contributed by atoms with Gasteiger partial charge in [0.25, 0.3) is 0 Å². The van der Waals surface area contributed by atoms with E-state index in [2.05, 4.69) is 15.9 Å². The summed E-state index contributed by atoms with van der Waals surface area (Å²) in [4.78, 5) is 13.2. The maximum Gasteiger partial charge on any atom is 0.237 e. The van der Waals surface area contributed by atoms with Gasteiger partial charge in [-0.1, -0.05) is 15.9 Å². The van der Waals surface area contributed by atoms with Crippen LogP contribution in [0.4, 0.5) is 0 Å². The highest BCUT2D eigenvalue weighted by atomic mass is 79.9. The summed E-state index contributed by atoms with van der Waals surface area (Å²) in [7, 11) is -3.23. The lowest BCUT2D eigenvalue weighted by atomic mass is 10.3. The van der Waals surface area contributed by atoms with Crippen molar-refractivity contribution < 1.29 is 13.2 Å². The molecule has 0 spiro atoms. The fourth-order valence-corrected chi connectivity index (χ4v) is 2.07. The molecule has 0 bridgehead atoms. The molecule has 0 saturated carbocycles. The molecule has 15 heavy (non-hydrogen) atoms. The molecule has 0 fully saturated rings. The van der Waals surface area contributed by atoms with Gasteiger partial charge in [0.15, 0.2) is 9.84 Å². The summed E-state index contributed by atoms with van der Waals surface area (Å²) in [6, 6.07) is 0.0401. The molecule has 0 rings (SSSR count). The molecule has 6 heteroatoms. The van der Waals surface area contributed by atoms with Gasteiger partial charge in [-0.05, 0) is 20.3 Å². The van der Waals surface area contributed by atoms with Gasteiger partial charge in [0.05, 0.1) is 0 Å². The minimum atomic E-state index is -3.23. The van der Waals surface area contributed by atoms with E-state index in [-0.39, 0.29) is 11.9 Å². The van der Waals surface area contributed by atoms with Crippen molar-refractivity contribution in [1.82, 2.24) is 4.90 Å². The monoisotopic (exact) mass is 299 g/mol. The molecule has 90 valence electrons. The Kier molecular flexibility index (Phi) is 6.43. The lowest BCUT2D eigenvalue weighted by Gasteiger charge is -2.26. The van der Waals surface area contributed by atoms with Crippen molar-refractivity contribution in [3.63, 3.8) is 0 Å². The molecule has 0 radical (unpaired) electrons. The first-order valence-electron chi connectivity index (χ1n) is 4.81. The average molecular weight is 300 g/mol. The Morgan fingerprint density at radius 3 is 2.27 bits per heavy atom. The number of rotatable bonds is 6. The molecule has 0 unspecified atom stereocenters. The number of halogens is 1. The smallest absolute Gasteiger partial charge is 0.237 e. The topological polar surface area (TPSA) is 54.5 Å². The number of sulfone groups is 1. The zero-order chi connectivity index (χ0) is 12.1. The van der Waals surface area contributed by atoms with E-state index >= 15 is 0 Å². The predicted octanol–water partition coefficient (Wildman–Crippen LogP) is 1.05. The van der Waals surface area contributed by atoms with Gasteiger partial charge < -0.3 is 4.90 Å². The van der Waals surface area contributed by atoms with Crippen LogP contribution in [0.3, 0.4) is 0 Å². The maximum atomic E-state index is 11.6. The fourth-order valence-electron chi connectivity index (χ4n) is 1.21. The Balaban J connectivity index is 4.43. The van der Waals surface area contributed by atoms with Crippen molar-refractivity contribution in [3.05, 3.63) is 0 Å². The molecule has 0 aliphatic carbocycles. The van der Waals surface area contributed by atoms with Crippen LogP contribution < -0.4 is 0 Å². The SMILES string of the molecule is CC(C)N(CCCBr)C(=O)CS(C)(=O)=O. The van der Waals surface area contributed by atoms with Crippen LogP contribution in [-0.4, -0.2) is 49.2 Å². The second-order valence-corrected chi connectivity index (χ2v) is 6.73. The summed E-state index contributed by atoms with van der Waals surface area (Å²) >= 11 is 3.28. The van der Waals surface area contributed by atoms with Crippen LogP contribution in [0.5, 0.6) is 0 Å². The summed E-state index contributed by atoms with van der Waals surface area (Å²) in [5.41, 5.74) is 0. The number of nitrogens with zero attached hydrogens (tertiary/aromatic N) is 1. The molecule has 0 aromatic rings. The predicted molar refractivity (Wildman–Crippen MR) is 65.0 cm³/mol. The van der Waals surface area contributed by atoms with Gasteiger partial charge in [-0.25, -0.2) is 8.42 Å². The van der Waals surface area contributed by atoms with E-state index in [4.69, 9.17) is 0 Å². The fraction of sp³-hybridized carbons (Fsp3) is 0.889. The van der Waals surface area contributed by atoms with Gasteiger partial charge in [0, 0.05) is 24.2 Å². The molecule has 0 aromatic heterocycles. The number of amides is 1. The molecular formula is C9H18BrNO3S. The van der Waals surface area contributed by atoms with E-state index in [1.54, 1.807) is 4.90 Å². The molecule has 0 atom stereocenters. The number of hydrogen-bond donors (Lipinski definition) is 0. The van der Waals surface area contributed by atoms with Crippen LogP contribution >= 0.6 is 15.9 Å². The first-order valence-corrected chi connectivity index (χ1v) is 7.99. The van der Waals surface area contributed by atoms with Crippen LogP contribution in [0, 0.1) is 0 Å². The highest BCUT2D eigenvalue weighted by Crippen LogP contribution is 2.03. The van der Waals surface area contributed by atoms with E-state index in [1.807, 2.05) is 13.8 Å². The number of carbonyl (C=O) groups is 1. The maximum absolute atomic E-state index is 11.6. The van der Waals surface area contributed by atoms with E-state index in [0.29, 0.717) is 6.54 Å². The molecule has 0 heterocycles. The zero-order valence-corrected chi connectivity index (χ0v) is 11.8. The van der Waals surface area contributed by atoms with Gasteiger partial charge in [0.1, 0.15) is 5.75 Å². The van der Waals surface area contributed by atoms with Crippen LogP contribution in [0.2, 0.25) is 0 Å². The third-order valence-corrected chi connectivity index (χ3v) is 3.19. The van der Waals surface area contributed by atoms with Crippen molar-refractivity contribution >= 4 is 31.7 Å².